The van der Waals surface area contributed by atoms with Crippen LogP contribution in [0.15, 0.2) is 60.7 Å². The van der Waals surface area contributed by atoms with Gasteiger partial charge in [-0.1, -0.05) is 24.3 Å². The fraction of sp³-hybridized carbons (Fsp3) is 0.323. The minimum atomic E-state index is -0.574. The fourth-order valence-electron chi connectivity index (χ4n) is 5.18. The molecule has 5 N–H and O–H groups in total. The first kappa shape index (κ1) is 27.1. The molecule has 0 radical (unpaired) electrons. The summed E-state index contributed by atoms with van der Waals surface area (Å²) in [5.41, 5.74) is 11.0. The van der Waals surface area contributed by atoms with Crippen molar-refractivity contribution < 1.29 is 19.7 Å². The molecule has 1 amide bonds. The van der Waals surface area contributed by atoms with Crippen LogP contribution in [0.5, 0.6) is 11.5 Å². The SMILES string of the molecule is COc1cc(Cc2c(-c3ccc(NC(=O)C[C@@H](N)CO)cc3)sc3cc(O)ccc23)ccc1CN1CCCC1. The average molecular weight is 546 g/mol. The van der Waals surface area contributed by atoms with Gasteiger partial charge < -0.3 is 26.0 Å². The van der Waals surface area contributed by atoms with Gasteiger partial charge >= 0.3 is 0 Å². The van der Waals surface area contributed by atoms with E-state index in [9.17, 15) is 9.90 Å². The van der Waals surface area contributed by atoms with Crippen molar-refractivity contribution >= 4 is 33.0 Å². The molecule has 7 nitrogen and oxygen atoms in total. The Morgan fingerprint density at radius 2 is 1.87 bits per heavy atom. The number of rotatable bonds is 10. The summed E-state index contributed by atoms with van der Waals surface area (Å²) in [7, 11) is 1.73. The smallest absolute Gasteiger partial charge is 0.226 e. The third-order valence-electron chi connectivity index (χ3n) is 7.21. The zero-order valence-electron chi connectivity index (χ0n) is 22.2. The molecule has 8 heteroatoms. The Kier molecular flexibility index (Phi) is 8.47. The zero-order chi connectivity index (χ0) is 27.4. The highest BCUT2D eigenvalue weighted by molar-refractivity contribution is 7.22. The first-order valence-corrected chi connectivity index (χ1v) is 14.1. The lowest BCUT2D eigenvalue weighted by Gasteiger charge is -2.18. The maximum absolute atomic E-state index is 12.2. The largest absolute Gasteiger partial charge is 0.508 e. The summed E-state index contributed by atoms with van der Waals surface area (Å²) in [6.45, 7) is 2.95. The van der Waals surface area contributed by atoms with Gasteiger partial charge in [0.05, 0.1) is 13.7 Å². The second kappa shape index (κ2) is 12.2. The number of phenols is 1. The van der Waals surface area contributed by atoms with Crippen LogP contribution in [0.2, 0.25) is 0 Å². The molecule has 5 rings (SSSR count). The molecule has 1 saturated heterocycles. The maximum atomic E-state index is 12.2. The number of hydrogen-bond donors (Lipinski definition) is 4. The molecule has 1 fully saturated rings. The van der Waals surface area contributed by atoms with E-state index in [4.69, 9.17) is 15.6 Å². The van der Waals surface area contributed by atoms with E-state index in [-0.39, 0.29) is 24.7 Å². The van der Waals surface area contributed by atoms with Crippen molar-refractivity contribution in [3.8, 4) is 21.9 Å². The number of phenolic OH excluding ortho intramolecular Hbond substituents is 1. The van der Waals surface area contributed by atoms with Crippen LogP contribution < -0.4 is 15.8 Å². The molecule has 1 aliphatic rings. The number of likely N-dealkylation sites (tertiary alicyclic amines) is 1. The number of hydrogen-bond acceptors (Lipinski definition) is 7. The molecule has 0 aliphatic carbocycles. The predicted molar refractivity (Wildman–Crippen MR) is 158 cm³/mol. The molecular weight excluding hydrogens is 510 g/mol. The van der Waals surface area contributed by atoms with Gasteiger partial charge in [0.1, 0.15) is 11.5 Å². The summed E-state index contributed by atoms with van der Waals surface area (Å²) in [5.74, 6) is 0.928. The number of thiophene rings is 1. The van der Waals surface area contributed by atoms with E-state index in [2.05, 4.69) is 28.4 Å². The van der Waals surface area contributed by atoms with Gasteiger partial charge in [0, 0.05) is 39.8 Å². The molecule has 1 aliphatic heterocycles. The Bertz CT molecular complexity index is 1440. The quantitative estimate of drug-likeness (QED) is 0.220. The molecule has 39 heavy (non-hydrogen) atoms. The fourth-order valence-corrected chi connectivity index (χ4v) is 6.44. The summed E-state index contributed by atoms with van der Waals surface area (Å²) < 4.78 is 6.82. The van der Waals surface area contributed by atoms with Crippen molar-refractivity contribution in [3.05, 3.63) is 77.4 Å². The Balaban J connectivity index is 1.43. The van der Waals surface area contributed by atoms with E-state index in [0.717, 1.165) is 57.9 Å². The number of nitrogens with zero attached hydrogens (tertiary/aromatic N) is 1. The van der Waals surface area contributed by atoms with Crippen molar-refractivity contribution in [3.63, 3.8) is 0 Å². The summed E-state index contributed by atoms with van der Waals surface area (Å²) in [6, 6.07) is 19.2. The normalized spacial score (nSPS) is 14.5. The second-order valence-corrected chi connectivity index (χ2v) is 11.2. The zero-order valence-corrected chi connectivity index (χ0v) is 23.0. The van der Waals surface area contributed by atoms with E-state index in [1.54, 1.807) is 24.5 Å². The number of aliphatic hydroxyl groups is 1. The molecule has 204 valence electrons. The van der Waals surface area contributed by atoms with Crippen molar-refractivity contribution in [2.75, 3.05) is 32.1 Å². The van der Waals surface area contributed by atoms with E-state index in [1.807, 2.05) is 36.4 Å². The van der Waals surface area contributed by atoms with Gasteiger partial charge in [-0.05, 0) is 90.8 Å². The van der Waals surface area contributed by atoms with Crippen LogP contribution >= 0.6 is 11.3 Å². The second-order valence-electron chi connectivity index (χ2n) is 10.2. The molecule has 0 unspecified atom stereocenters. The molecule has 3 aromatic carbocycles. The van der Waals surface area contributed by atoms with Gasteiger partial charge in [-0.2, -0.15) is 0 Å². The van der Waals surface area contributed by atoms with E-state index in [1.165, 1.54) is 24.0 Å². The molecule has 0 bridgehead atoms. The summed E-state index contributed by atoms with van der Waals surface area (Å²) in [6.07, 6.45) is 3.30. The predicted octanol–water partition coefficient (Wildman–Crippen LogP) is 5.12. The molecule has 1 atom stereocenters. The molecule has 0 spiro atoms. The number of ether oxygens (including phenoxy) is 1. The Morgan fingerprint density at radius 1 is 1.10 bits per heavy atom. The first-order chi connectivity index (χ1) is 18.9. The lowest BCUT2D eigenvalue weighted by atomic mass is 9.97. The number of nitrogens with one attached hydrogen (secondary N) is 1. The minimum absolute atomic E-state index is 0.0580. The minimum Gasteiger partial charge on any atom is -0.508 e. The van der Waals surface area contributed by atoms with Crippen LogP contribution in [0, 0.1) is 0 Å². The highest BCUT2D eigenvalue weighted by atomic mass is 32.1. The van der Waals surface area contributed by atoms with Gasteiger partial charge in [0.25, 0.3) is 0 Å². The number of aliphatic hydroxyl groups excluding tert-OH is 1. The third kappa shape index (κ3) is 6.42. The Morgan fingerprint density at radius 3 is 2.59 bits per heavy atom. The van der Waals surface area contributed by atoms with Gasteiger partial charge in [-0.25, -0.2) is 0 Å². The van der Waals surface area contributed by atoms with E-state index in [0.29, 0.717) is 5.69 Å². The standard InChI is InChI=1S/C31H35N3O4S/c1-38-28-15-20(4-5-22(28)18-34-12-2-3-13-34)14-27-26-11-10-25(36)17-29(26)39-31(27)21-6-8-24(9-7-21)33-30(37)16-23(32)19-35/h4-11,15,17,23,35-36H,2-3,12-14,16,18-19,32H2,1H3,(H,33,37)/t23-/m1/s1. The van der Waals surface area contributed by atoms with Crippen LogP contribution in [0.4, 0.5) is 5.69 Å². The summed E-state index contributed by atoms with van der Waals surface area (Å²) in [5, 5.41) is 23.2. The Hall–Kier alpha value is -3.43. The monoisotopic (exact) mass is 545 g/mol. The molecule has 4 aromatic rings. The third-order valence-corrected chi connectivity index (χ3v) is 8.46. The van der Waals surface area contributed by atoms with Crippen molar-refractivity contribution in [1.82, 2.24) is 4.90 Å². The number of aromatic hydroxyl groups is 1. The number of nitrogens with two attached hydrogens (primary N) is 1. The van der Waals surface area contributed by atoms with E-state index >= 15 is 0 Å². The van der Waals surface area contributed by atoms with E-state index < -0.39 is 6.04 Å². The van der Waals surface area contributed by atoms with Gasteiger partial charge in [-0.3, -0.25) is 9.69 Å². The lowest BCUT2D eigenvalue weighted by Crippen LogP contribution is -2.30. The van der Waals surface area contributed by atoms with Crippen LogP contribution in [-0.4, -0.2) is 53.9 Å². The highest BCUT2D eigenvalue weighted by Gasteiger charge is 2.18. The van der Waals surface area contributed by atoms with Crippen molar-refractivity contribution in [2.45, 2.75) is 38.3 Å². The number of methoxy groups -OCH3 is 1. The number of benzene rings is 3. The number of carbonyl (C=O) groups is 1. The molecule has 2 heterocycles. The molecular formula is C31H35N3O4S. The lowest BCUT2D eigenvalue weighted by molar-refractivity contribution is -0.116. The van der Waals surface area contributed by atoms with Gasteiger partial charge in [0.15, 0.2) is 0 Å². The van der Waals surface area contributed by atoms with Crippen molar-refractivity contribution in [2.24, 2.45) is 5.73 Å². The van der Waals surface area contributed by atoms with Gasteiger partial charge in [-0.15, -0.1) is 11.3 Å². The molecule has 0 saturated carbocycles. The highest BCUT2D eigenvalue weighted by Crippen LogP contribution is 2.41. The number of amides is 1. The topological polar surface area (TPSA) is 108 Å². The van der Waals surface area contributed by atoms with Crippen molar-refractivity contribution in [1.29, 1.82) is 0 Å². The van der Waals surface area contributed by atoms with Gasteiger partial charge in [0.2, 0.25) is 5.91 Å². The van der Waals surface area contributed by atoms with Crippen LogP contribution in [0.3, 0.4) is 0 Å². The maximum Gasteiger partial charge on any atom is 0.226 e. The summed E-state index contributed by atoms with van der Waals surface area (Å²) in [4.78, 5) is 15.8. The number of carbonyl (C=O) groups excluding carboxylic acids is 1. The number of anilines is 1. The first-order valence-electron chi connectivity index (χ1n) is 13.3. The molecule has 1 aromatic heterocycles. The Labute approximate surface area is 232 Å². The van der Waals surface area contributed by atoms with Crippen LogP contribution in [-0.2, 0) is 17.8 Å². The summed E-state index contributed by atoms with van der Waals surface area (Å²) >= 11 is 1.65. The van der Waals surface area contributed by atoms with Crippen LogP contribution in [0.1, 0.15) is 36.0 Å². The number of fused-ring (bicyclic) bond motifs is 1. The average Bonchev–Trinajstić information content (AvgIpc) is 3.57. The van der Waals surface area contributed by atoms with Crippen LogP contribution in [0.25, 0.3) is 20.5 Å².